The van der Waals surface area contributed by atoms with Gasteiger partial charge in [-0.25, -0.2) is 4.98 Å². The highest BCUT2D eigenvalue weighted by Gasteiger charge is 2.29. The molecule has 3 saturated heterocycles. The van der Waals surface area contributed by atoms with Crippen LogP contribution in [0.15, 0.2) is 18.3 Å². The summed E-state index contributed by atoms with van der Waals surface area (Å²) in [6.07, 6.45) is 9.36. The van der Waals surface area contributed by atoms with E-state index in [1.807, 2.05) is 17.0 Å². The fraction of sp³-hybridized carbons (Fsp3) is 0.682. The molecule has 4 rings (SSSR count). The first-order chi connectivity index (χ1) is 14.2. The molecule has 0 aliphatic carbocycles. The molecular formula is C22H33N5O2. The van der Waals surface area contributed by atoms with E-state index in [4.69, 9.17) is 0 Å². The minimum atomic E-state index is -0.0428. The second-order valence-corrected chi connectivity index (χ2v) is 8.58. The van der Waals surface area contributed by atoms with Crippen molar-refractivity contribution in [3.05, 3.63) is 23.9 Å². The average molecular weight is 400 g/mol. The molecule has 3 aliphatic rings. The predicted molar refractivity (Wildman–Crippen MR) is 113 cm³/mol. The highest BCUT2D eigenvalue weighted by Crippen LogP contribution is 2.25. The molecule has 3 aliphatic heterocycles. The van der Waals surface area contributed by atoms with Crippen LogP contribution in [0.5, 0.6) is 0 Å². The summed E-state index contributed by atoms with van der Waals surface area (Å²) in [5.41, 5.74) is 0.717. The minimum absolute atomic E-state index is 0.0428. The third-order valence-electron chi connectivity index (χ3n) is 6.42. The fourth-order valence-electron chi connectivity index (χ4n) is 4.78. The maximum Gasteiger partial charge on any atom is 0.257 e. The van der Waals surface area contributed by atoms with E-state index in [-0.39, 0.29) is 17.9 Å². The molecule has 3 fully saturated rings. The number of hydrogen-bond donors (Lipinski definition) is 2. The Labute approximate surface area is 173 Å². The number of pyridine rings is 1. The van der Waals surface area contributed by atoms with E-state index < -0.39 is 0 Å². The number of hydrogen-bond acceptors (Lipinski definition) is 5. The van der Waals surface area contributed by atoms with E-state index in [0.29, 0.717) is 24.6 Å². The van der Waals surface area contributed by atoms with E-state index in [9.17, 15) is 9.59 Å². The quantitative estimate of drug-likeness (QED) is 0.789. The summed E-state index contributed by atoms with van der Waals surface area (Å²) in [6, 6.07) is 3.73. The molecule has 1 aromatic rings. The molecule has 158 valence electrons. The molecule has 0 radical (unpaired) electrons. The zero-order valence-corrected chi connectivity index (χ0v) is 17.2. The third kappa shape index (κ3) is 4.89. The van der Waals surface area contributed by atoms with Crippen molar-refractivity contribution in [1.82, 2.24) is 20.5 Å². The minimum Gasteiger partial charge on any atom is -0.356 e. The second-order valence-electron chi connectivity index (χ2n) is 8.58. The number of carbonyl (C=O) groups excluding carboxylic acids is 2. The van der Waals surface area contributed by atoms with Crippen LogP contribution in [0.2, 0.25) is 0 Å². The van der Waals surface area contributed by atoms with Gasteiger partial charge in [-0.2, -0.15) is 0 Å². The SMILES string of the molecule is O=C(NCC1CCCN(C(=O)c2cccnc2N2CCCCC2)C1)C1CCCN1. The summed E-state index contributed by atoms with van der Waals surface area (Å²) in [7, 11) is 0. The maximum atomic E-state index is 13.3. The van der Waals surface area contributed by atoms with Crippen LogP contribution in [-0.4, -0.2) is 67.0 Å². The smallest absolute Gasteiger partial charge is 0.257 e. The van der Waals surface area contributed by atoms with Crippen LogP contribution >= 0.6 is 0 Å². The molecule has 0 aromatic carbocycles. The highest BCUT2D eigenvalue weighted by atomic mass is 16.2. The Morgan fingerprint density at radius 1 is 1.10 bits per heavy atom. The summed E-state index contributed by atoms with van der Waals surface area (Å²) < 4.78 is 0. The van der Waals surface area contributed by atoms with Crippen molar-refractivity contribution in [3.8, 4) is 0 Å². The van der Waals surface area contributed by atoms with Crippen LogP contribution < -0.4 is 15.5 Å². The zero-order chi connectivity index (χ0) is 20.1. The summed E-state index contributed by atoms with van der Waals surface area (Å²) in [5, 5.41) is 6.34. The molecule has 4 heterocycles. The number of rotatable bonds is 5. The van der Waals surface area contributed by atoms with Gasteiger partial charge in [0, 0.05) is 38.9 Å². The van der Waals surface area contributed by atoms with Gasteiger partial charge in [0.15, 0.2) is 0 Å². The lowest BCUT2D eigenvalue weighted by atomic mass is 9.97. The van der Waals surface area contributed by atoms with Gasteiger partial charge < -0.3 is 20.4 Å². The molecular weight excluding hydrogens is 366 g/mol. The summed E-state index contributed by atoms with van der Waals surface area (Å²) in [5.74, 6) is 1.32. The molecule has 1 aromatic heterocycles. The Kier molecular flexibility index (Phi) is 6.64. The molecule has 2 atom stereocenters. The lowest BCUT2D eigenvalue weighted by Gasteiger charge is -2.34. The molecule has 7 heteroatoms. The molecule has 2 N–H and O–H groups in total. The maximum absolute atomic E-state index is 13.3. The number of nitrogens with one attached hydrogen (secondary N) is 2. The van der Waals surface area contributed by atoms with Gasteiger partial charge >= 0.3 is 0 Å². The lowest BCUT2D eigenvalue weighted by Crippen LogP contribution is -2.47. The second kappa shape index (κ2) is 9.57. The Morgan fingerprint density at radius 2 is 1.97 bits per heavy atom. The van der Waals surface area contributed by atoms with Gasteiger partial charge in [0.25, 0.3) is 5.91 Å². The molecule has 29 heavy (non-hydrogen) atoms. The van der Waals surface area contributed by atoms with Gasteiger partial charge in [-0.15, -0.1) is 0 Å². The van der Waals surface area contributed by atoms with Crippen LogP contribution in [0.3, 0.4) is 0 Å². The third-order valence-corrected chi connectivity index (χ3v) is 6.42. The van der Waals surface area contributed by atoms with Crippen molar-refractivity contribution < 1.29 is 9.59 Å². The number of nitrogens with zero attached hydrogens (tertiary/aromatic N) is 3. The van der Waals surface area contributed by atoms with Crippen molar-refractivity contribution >= 4 is 17.6 Å². The number of aromatic nitrogens is 1. The van der Waals surface area contributed by atoms with E-state index >= 15 is 0 Å². The van der Waals surface area contributed by atoms with E-state index in [0.717, 1.165) is 70.5 Å². The highest BCUT2D eigenvalue weighted by molar-refractivity contribution is 5.99. The van der Waals surface area contributed by atoms with Crippen LogP contribution in [0.25, 0.3) is 0 Å². The lowest BCUT2D eigenvalue weighted by molar-refractivity contribution is -0.123. The molecule has 0 spiro atoms. The van der Waals surface area contributed by atoms with E-state index in [1.54, 1.807) is 6.20 Å². The predicted octanol–water partition coefficient (Wildman–Crippen LogP) is 1.79. The fourth-order valence-corrected chi connectivity index (χ4v) is 4.78. The van der Waals surface area contributed by atoms with Crippen molar-refractivity contribution in [2.75, 3.05) is 44.2 Å². The monoisotopic (exact) mass is 399 g/mol. The zero-order valence-electron chi connectivity index (χ0n) is 17.2. The Morgan fingerprint density at radius 3 is 2.76 bits per heavy atom. The van der Waals surface area contributed by atoms with Gasteiger partial charge in [0.2, 0.25) is 5.91 Å². The first-order valence-corrected chi connectivity index (χ1v) is 11.2. The van der Waals surface area contributed by atoms with Crippen LogP contribution in [0, 0.1) is 5.92 Å². The molecule has 0 saturated carbocycles. The molecule has 7 nitrogen and oxygen atoms in total. The van der Waals surface area contributed by atoms with Crippen molar-refractivity contribution in [2.45, 2.75) is 51.0 Å². The molecule has 2 amide bonds. The standard InChI is InChI=1S/C22H33N5O2/c28-21(19-9-5-10-23-19)25-15-17-7-6-14-27(16-17)22(29)18-8-4-11-24-20(18)26-12-2-1-3-13-26/h4,8,11,17,19,23H,1-3,5-7,9-10,12-16H2,(H,25,28). The van der Waals surface area contributed by atoms with Crippen LogP contribution in [0.1, 0.15) is 55.3 Å². The Balaban J connectivity index is 1.37. The summed E-state index contributed by atoms with van der Waals surface area (Å²) >= 11 is 0. The van der Waals surface area contributed by atoms with Crippen LogP contribution in [0.4, 0.5) is 5.82 Å². The van der Waals surface area contributed by atoms with Gasteiger partial charge in [-0.05, 0) is 69.5 Å². The van der Waals surface area contributed by atoms with Gasteiger partial charge in [0.1, 0.15) is 5.82 Å². The van der Waals surface area contributed by atoms with Gasteiger partial charge in [-0.3, -0.25) is 9.59 Å². The number of anilines is 1. The number of likely N-dealkylation sites (tertiary alicyclic amines) is 1. The average Bonchev–Trinajstić information content (AvgIpc) is 3.33. The number of amides is 2. The van der Waals surface area contributed by atoms with E-state index in [2.05, 4.69) is 20.5 Å². The molecule has 2 unspecified atom stereocenters. The van der Waals surface area contributed by atoms with Gasteiger partial charge in [0.05, 0.1) is 11.6 Å². The largest absolute Gasteiger partial charge is 0.356 e. The number of carbonyl (C=O) groups is 2. The van der Waals surface area contributed by atoms with Crippen LogP contribution in [-0.2, 0) is 4.79 Å². The topological polar surface area (TPSA) is 77.6 Å². The van der Waals surface area contributed by atoms with Crippen molar-refractivity contribution in [2.24, 2.45) is 5.92 Å². The normalized spacial score (nSPS) is 25.1. The summed E-state index contributed by atoms with van der Waals surface area (Å²) in [6.45, 7) is 5.00. The van der Waals surface area contributed by atoms with Crippen molar-refractivity contribution in [3.63, 3.8) is 0 Å². The number of piperidine rings is 2. The molecule has 0 bridgehead atoms. The van der Waals surface area contributed by atoms with Gasteiger partial charge in [-0.1, -0.05) is 0 Å². The summed E-state index contributed by atoms with van der Waals surface area (Å²) in [4.78, 5) is 34.4. The first-order valence-electron chi connectivity index (χ1n) is 11.2. The first kappa shape index (κ1) is 20.1. The van der Waals surface area contributed by atoms with E-state index in [1.165, 1.54) is 6.42 Å². The Bertz CT molecular complexity index is 713. The Hall–Kier alpha value is -2.15. The van der Waals surface area contributed by atoms with Crippen molar-refractivity contribution in [1.29, 1.82) is 0 Å².